The standard InChI is InChI=1S/C11H15BrN2O/c12-10-4-3-5-11(9(10)8-15-13)14-6-1-2-7-14/h3-5H,1-2,6-8,13H2. The number of benzene rings is 1. The Morgan fingerprint density at radius 1 is 1.33 bits per heavy atom. The Kier molecular flexibility index (Phi) is 3.61. The zero-order valence-corrected chi connectivity index (χ0v) is 10.2. The molecule has 0 spiro atoms. The summed E-state index contributed by atoms with van der Waals surface area (Å²) in [6.45, 7) is 2.72. The molecule has 2 rings (SSSR count). The first kappa shape index (κ1) is 10.9. The van der Waals surface area contributed by atoms with Crippen LogP contribution < -0.4 is 10.8 Å². The van der Waals surface area contributed by atoms with Crippen LogP contribution in [0.2, 0.25) is 0 Å². The summed E-state index contributed by atoms with van der Waals surface area (Å²) in [5.74, 6) is 5.16. The summed E-state index contributed by atoms with van der Waals surface area (Å²) >= 11 is 3.53. The van der Waals surface area contributed by atoms with Crippen molar-refractivity contribution in [3.05, 3.63) is 28.2 Å². The number of anilines is 1. The van der Waals surface area contributed by atoms with Gasteiger partial charge in [0.15, 0.2) is 0 Å². The lowest BCUT2D eigenvalue weighted by Gasteiger charge is -2.21. The molecule has 1 aromatic carbocycles. The Bertz CT molecular complexity index is 337. The Morgan fingerprint density at radius 2 is 2.07 bits per heavy atom. The van der Waals surface area contributed by atoms with Crippen LogP contribution in [-0.4, -0.2) is 13.1 Å². The molecule has 4 heteroatoms. The Hall–Kier alpha value is -0.580. The summed E-state index contributed by atoms with van der Waals surface area (Å²) in [5, 5.41) is 0. The monoisotopic (exact) mass is 270 g/mol. The van der Waals surface area contributed by atoms with Crippen molar-refractivity contribution in [2.45, 2.75) is 19.4 Å². The molecule has 2 N–H and O–H groups in total. The predicted octanol–water partition coefficient (Wildman–Crippen LogP) is 2.44. The third kappa shape index (κ3) is 2.33. The number of nitrogens with two attached hydrogens (primary N) is 1. The molecule has 1 aliphatic rings. The average Bonchev–Trinajstić information content (AvgIpc) is 2.74. The van der Waals surface area contributed by atoms with Gasteiger partial charge in [0.2, 0.25) is 0 Å². The zero-order chi connectivity index (χ0) is 10.7. The van der Waals surface area contributed by atoms with Gasteiger partial charge in [-0.15, -0.1) is 0 Å². The first-order valence-corrected chi connectivity index (χ1v) is 5.96. The van der Waals surface area contributed by atoms with Gasteiger partial charge in [-0.1, -0.05) is 22.0 Å². The first-order valence-electron chi connectivity index (χ1n) is 5.17. The first-order chi connectivity index (χ1) is 7.33. The van der Waals surface area contributed by atoms with E-state index in [4.69, 9.17) is 10.7 Å². The summed E-state index contributed by atoms with van der Waals surface area (Å²) in [5.41, 5.74) is 2.38. The van der Waals surface area contributed by atoms with E-state index >= 15 is 0 Å². The van der Waals surface area contributed by atoms with Crippen molar-refractivity contribution in [3.63, 3.8) is 0 Å². The van der Waals surface area contributed by atoms with Crippen LogP contribution >= 0.6 is 15.9 Å². The average molecular weight is 271 g/mol. The number of hydrogen-bond donors (Lipinski definition) is 1. The van der Waals surface area contributed by atoms with Gasteiger partial charge < -0.3 is 4.90 Å². The molecular weight excluding hydrogens is 256 g/mol. The van der Waals surface area contributed by atoms with Gasteiger partial charge in [0.1, 0.15) is 0 Å². The molecule has 0 unspecified atom stereocenters. The van der Waals surface area contributed by atoms with Crippen LogP contribution in [0.15, 0.2) is 22.7 Å². The molecule has 0 bridgehead atoms. The third-order valence-corrected chi connectivity index (χ3v) is 3.51. The highest BCUT2D eigenvalue weighted by molar-refractivity contribution is 9.10. The zero-order valence-electron chi connectivity index (χ0n) is 8.58. The molecule has 1 fully saturated rings. The Balaban J connectivity index is 2.31. The summed E-state index contributed by atoms with van der Waals surface area (Å²) < 4.78 is 1.07. The molecular formula is C11H15BrN2O. The van der Waals surface area contributed by atoms with Crippen molar-refractivity contribution in [2.24, 2.45) is 5.90 Å². The van der Waals surface area contributed by atoms with E-state index in [9.17, 15) is 0 Å². The SMILES string of the molecule is NOCc1c(Br)cccc1N1CCCC1. The molecule has 1 aromatic rings. The minimum Gasteiger partial charge on any atom is -0.371 e. The van der Waals surface area contributed by atoms with Crippen molar-refractivity contribution >= 4 is 21.6 Å². The summed E-state index contributed by atoms with van der Waals surface area (Å²) in [7, 11) is 0. The molecule has 82 valence electrons. The maximum absolute atomic E-state index is 5.16. The second kappa shape index (κ2) is 4.96. The van der Waals surface area contributed by atoms with Crippen molar-refractivity contribution < 1.29 is 4.84 Å². The molecule has 0 aromatic heterocycles. The van der Waals surface area contributed by atoms with E-state index < -0.39 is 0 Å². The summed E-state index contributed by atoms with van der Waals surface area (Å²) in [6, 6.07) is 6.20. The molecule has 0 saturated carbocycles. The van der Waals surface area contributed by atoms with Gasteiger partial charge in [-0.2, -0.15) is 0 Å². The van der Waals surface area contributed by atoms with Crippen molar-refractivity contribution in [2.75, 3.05) is 18.0 Å². The lowest BCUT2D eigenvalue weighted by molar-refractivity contribution is 0.124. The van der Waals surface area contributed by atoms with Gasteiger partial charge in [-0.3, -0.25) is 4.84 Å². The smallest absolute Gasteiger partial charge is 0.0961 e. The number of rotatable bonds is 3. The predicted molar refractivity (Wildman–Crippen MR) is 64.6 cm³/mol. The molecule has 3 nitrogen and oxygen atoms in total. The number of nitrogens with zero attached hydrogens (tertiary/aromatic N) is 1. The van der Waals surface area contributed by atoms with E-state index in [0.717, 1.165) is 23.1 Å². The van der Waals surface area contributed by atoms with Crippen LogP contribution in [0.4, 0.5) is 5.69 Å². The molecule has 1 aliphatic heterocycles. The highest BCUT2D eigenvalue weighted by atomic mass is 79.9. The number of halogens is 1. The second-order valence-corrected chi connectivity index (χ2v) is 4.60. The quantitative estimate of drug-likeness (QED) is 0.858. The fraction of sp³-hybridized carbons (Fsp3) is 0.455. The topological polar surface area (TPSA) is 38.5 Å². The molecule has 15 heavy (non-hydrogen) atoms. The maximum Gasteiger partial charge on any atom is 0.0961 e. The van der Waals surface area contributed by atoms with Gasteiger partial charge in [-0.05, 0) is 25.0 Å². The van der Waals surface area contributed by atoms with Crippen LogP contribution in [-0.2, 0) is 11.4 Å². The van der Waals surface area contributed by atoms with E-state index in [-0.39, 0.29) is 0 Å². The molecule has 1 heterocycles. The van der Waals surface area contributed by atoms with E-state index in [1.165, 1.54) is 18.5 Å². The molecule has 0 amide bonds. The molecule has 0 atom stereocenters. The molecule has 0 radical (unpaired) electrons. The third-order valence-electron chi connectivity index (χ3n) is 2.77. The van der Waals surface area contributed by atoms with Crippen LogP contribution in [0, 0.1) is 0 Å². The summed E-state index contributed by atoms with van der Waals surface area (Å²) in [6.07, 6.45) is 2.55. The fourth-order valence-electron chi connectivity index (χ4n) is 2.03. The minimum atomic E-state index is 0.452. The lowest BCUT2D eigenvalue weighted by atomic mass is 10.1. The van der Waals surface area contributed by atoms with Gasteiger partial charge in [0.05, 0.1) is 6.61 Å². The van der Waals surface area contributed by atoms with Gasteiger partial charge in [0.25, 0.3) is 0 Å². The van der Waals surface area contributed by atoms with E-state index in [1.807, 2.05) is 6.07 Å². The van der Waals surface area contributed by atoms with E-state index in [2.05, 4.69) is 33.0 Å². The Labute approximate surface area is 98.3 Å². The van der Waals surface area contributed by atoms with Gasteiger partial charge >= 0.3 is 0 Å². The minimum absolute atomic E-state index is 0.452. The fourth-order valence-corrected chi connectivity index (χ4v) is 2.50. The number of hydrogen-bond acceptors (Lipinski definition) is 3. The van der Waals surface area contributed by atoms with Gasteiger partial charge in [-0.25, -0.2) is 5.90 Å². The molecule has 1 saturated heterocycles. The highest BCUT2D eigenvalue weighted by Gasteiger charge is 2.16. The largest absolute Gasteiger partial charge is 0.371 e. The van der Waals surface area contributed by atoms with Crippen LogP contribution in [0.3, 0.4) is 0 Å². The lowest BCUT2D eigenvalue weighted by Crippen LogP contribution is -2.20. The van der Waals surface area contributed by atoms with E-state index in [0.29, 0.717) is 6.61 Å². The second-order valence-electron chi connectivity index (χ2n) is 3.74. The van der Waals surface area contributed by atoms with E-state index in [1.54, 1.807) is 0 Å². The highest BCUT2D eigenvalue weighted by Crippen LogP contribution is 2.30. The molecule has 0 aliphatic carbocycles. The Morgan fingerprint density at radius 3 is 2.73 bits per heavy atom. The van der Waals surface area contributed by atoms with Crippen LogP contribution in [0.5, 0.6) is 0 Å². The van der Waals surface area contributed by atoms with Crippen molar-refractivity contribution in [1.82, 2.24) is 0 Å². The van der Waals surface area contributed by atoms with Gasteiger partial charge in [0, 0.05) is 28.8 Å². The maximum atomic E-state index is 5.16. The summed E-state index contributed by atoms with van der Waals surface area (Å²) in [4.78, 5) is 7.14. The van der Waals surface area contributed by atoms with Crippen LogP contribution in [0.25, 0.3) is 0 Å². The van der Waals surface area contributed by atoms with Crippen molar-refractivity contribution in [1.29, 1.82) is 0 Å². The van der Waals surface area contributed by atoms with Crippen molar-refractivity contribution in [3.8, 4) is 0 Å². The van der Waals surface area contributed by atoms with Crippen LogP contribution in [0.1, 0.15) is 18.4 Å². The normalized spacial score (nSPS) is 16.0.